The summed E-state index contributed by atoms with van der Waals surface area (Å²) in [6.45, 7) is 9.52. The van der Waals surface area contributed by atoms with Crippen molar-refractivity contribution in [3.63, 3.8) is 0 Å². The molecule has 0 saturated carbocycles. The molecule has 2 atom stereocenters. The lowest BCUT2D eigenvalue weighted by Crippen LogP contribution is -2.20. The van der Waals surface area contributed by atoms with Gasteiger partial charge in [0.15, 0.2) is 0 Å². The van der Waals surface area contributed by atoms with Crippen LogP contribution in [0.15, 0.2) is 41.3 Å². The standard InChI is InChI=1S/C19H25NOS/c1-13-10-14(2)19(15(3)11-13)16(4)20-12-17-6-8-18(9-7-17)22(5)21/h6-11,16,20H,12H2,1-5H3/t16-,22+/m0/s1. The van der Waals surface area contributed by atoms with Crippen molar-refractivity contribution >= 4 is 10.8 Å². The van der Waals surface area contributed by atoms with E-state index in [4.69, 9.17) is 0 Å². The van der Waals surface area contributed by atoms with Crippen LogP contribution in [0.3, 0.4) is 0 Å². The molecule has 0 amide bonds. The molecule has 0 bridgehead atoms. The van der Waals surface area contributed by atoms with Gasteiger partial charge in [0.05, 0.1) is 0 Å². The van der Waals surface area contributed by atoms with Gasteiger partial charge in [-0.1, -0.05) is 29.8 Å². The number of rotatable bonds is 5. The van der Waals surface area contributed by atoms with Crippen LogP contribution in [-0.2, 0) is 17.3 Å². The van der Waals surface area contributed by atoms with Crippen LogP contribution in [0.4, 0.5) is 0 Å². The third-order valence-corrected chi connectivity index (χ3v) is 4.97. The Kier molecular flexibility index (Phi) is 5.54. The summed E-state index contributed by atoms with van der Waals surface area (Å²) in [6, 6.07) is 12.8. The van der Waals surface area contributed by atoms with Gasteiger partial charge in [0.2, 0.25) is 0 Å². The number of benzene rings is 2. The summed E-state index contributed by atoms with van der Waals surface area (Å²) in [5.41, 5.74) is 6.60. The Balaban J connectivity index is 2.07. The molecule has 0 fully saturated rings. The second-order valence-corrected chi connectivity index (χ2v) is 7.39. The Bertz CT molecular complexity index is 653. The van der Waals surface area contributed by atoms with Crippen LogP contribution in [0.1, 0.15) is 40.8 Å². The molecular weight excluding hydrogens is 290 g/mol. The predicted octanol–water partition coefficient (Wildman–Crippen LogP) is 4.20. The smallest absolute Gasteiger partial charge is 0.0498 e. The number of hydrogen-bond donors (Lipinski definition) is 1. The van der Waals surface area contributed by atoms with E-state index in [1.165, 1.54) is 27.8 Å². The highest BCUT2D eigenvalue weighted by atomic mass is 32.2. The van der Waals surface area contributed by atoms with E-state index in [2.05, 4.69) is 45.1 Å². The molecule has 22 heavy (non-hydrogen) atoms. The molecule has 0 aliphatic carbocycles. The van der Waals surface area contributed by atoms with E-state index < -0.39 is 10.8 Å². The van der Waals surface area contributed by atoms with Crippen LogP contribution in [0.5, 0.6) is 0 Å². The van der Waals surface area contributed by atoms with Crippen molar-refractivity contribution in [1.29, 1.82) is 0 Å². The summed E-state index contributed by atoms with van der Waals surface area (Å²) in [5.74, 6) is 0. The molecule has 2 nitrogen and oxygen atoms in total. The second-order valence-electron chi connectivity index (χ2n) is 6.01. The minimum atomic E-state index is -0.909. The predicted molar refractivity (Wildman–Crippen MR) is 94.7 cm³/mol. The first-order valence-electron chi connectivity index (χ1n) is 7.62. The van der Waals surface area contributed by atoms with Gasteiger partial charge in [0, 0.05) is 34.5 Å². The van der Waals surface area contributed by atoms with E-state index in [1.807, 2.05) is 24.3 Å². The van der Waals surface area contributed by atoms with E-state index in [1.54, 1.807) is 6.26 Å². The molecule has 2 aromatic carbocycles. The summed E-state index contributed by atoms with van der Waals surface area (Å²) in [5, 5.41) is 3.59. The fourth-order valence-corrected chi connectivity index (χ4v) is 3.57. The Hall–Kier alpha value is -1.45. The molecule has 0 heterocycles. The van der Waals surface area contributed by atoms with Crippen LogP contribution in [0.25, 0.3) is 0 Å². The van der Waals surface area contributed by atoms with Crippen molar-refractivity contribution < 1.29 is 4.21 Å². The summed E-state index contributed by atoms with van der Waals surface area (Å²) in [7, 11) is -0.909. The zero-order valence-corrected chi connectivity index (χ0v) is 14.9. The molecular formula is C19H25NOS. The van der Waals surface area contributed by atoms with Crippen LogP contribution in [-0.4, -0.2) is 10.5 Å². The first-order chi connectivity index (χ1) is 10.4. The second kappa shape index (κ2) is 7.21. The lowest BCUT2D eigenvalue weighted by molar-refractivity contribution is 0.569. The molecule has 0 saturated heterocycles. The lowest BCUT2D eigenvalue weighted by atomic mass is 9.95. The topological polar surface area (TPSA) is 29.1 Å². The zero-order chi connectivity index (χ0) is 16.3. The van der Waals surface area contributed by atoms with Crippen molar-refractivity contribution in [2.24, 2.45) is 0 Å². The molecule has 0 aliphatic heterocycles. The summed E-state index contributed by atoms with van der Waals surface area (Å²) < 4.78 is 11.4. The molecule has 0 radical (unpaired) electrons. The minimum Gasteiger partial charge on any atom is -0.306 e. The van der Waals surface area contributed by atoms with Gasteiger partial charge in [-0.2, -0.15) is 0 Å². The highest BCUT2D eigenvalue weighted by molar-refractivity contribution is 7.84. The molecule has 118 valence electrons. The minimum absolute atomic E-state index is 0.306. The fraction of sp³-hybridized carbons (Fsp3) is 0.368. The fourth-order valence-electron chi connectivity index (χ4n) is 3.05. The van der Waals surface area contributed by atoms with Crippen LogP contribution in [0.2, 0.25) is 0 Å². The molecule has 0 aromatic heterocycles. The Morgan fingerprint density at radius 1 is 1.05 bits per heavy atom. The van der Waals surface area contributed by atoms with Crippen LogP contribution < -0.4 is 5.32 Å². The van der Waals surface area contributed by atoms with Gasteiger partial charge in [0.1, 0.15) is 0 Å². The van der Waals surface area contributed by atoms with Gasteiger partial charge >= 0.3 is 0 Å². The van der Waals surface area contributed by atoms with Crippen LogP contribution >= 0.6 is 0 Å². The molecule has 0 aliphatic rings. The van der Waals surface area contributed by atoms with E-state index in [-0.39, 0.29) is 0 Å². The third-order valence-electron chi connectivity index (χ3n) is 4.04. The molecule has 3 heteroatoms. The monoisotopic (exact) mass is 315 g/mol. The van der Waals surface area contributed by atoms with E-state index in [9.17, 15) is 4.21 Å². The van der Waals surface area contributed by atoms with Crippen molar-refractivity contribution in [1.82, 2.24) is 5.32 Å². The average Bonchev–Trinajstić information content (AvgIpc) is 2.44. The maximum atomic E-state index is 11.4. The lowest BCUT2D eigenvalue weighted by Gasteiger charge is -2.20. The Morgan fingerprint density at radius 2 is 1.59 bits per heavy atom. The highest BCUT2D eigenvalue weighted by Crippen LogP contribution is 2.23. The molecule has 0 spiro atoms. The van der Waals surface area contributed by atoms with Gasteiger partial charge < -0.3 is 5.32 Å². The number of nitrogens with one attached hydrogen (secondary N) is 1. The van der Waals surface area contributed by atoms with Crippen LogP contribution in [0, 0.1) is 20.8 Å². The first kappa shape index (κ1) is 16.9. The van der Waals surface area contributed by atoms with Gasteiger partial charge in [-0.15, -0.1) is 0 Å². The average molecular weight is 315 g/mol. The van der Waals surface area contributed by atoms with Crippen molar-refractivity contribution in [2.75, 3.05) is 6.26 Å². The first-order valence-corrected chi connectivity index (χ1v) is 9.17. The number of hydrogen-bond acceptors (Lipinski definition) is 2. The zero-order valence-electron chi connectivity index (χ0n) is 14.1. The van der Waals surface area contributed by atoms with Crippen molar-refractivity contribution in [3.05, 3.63) is 64.2 Å². The van der Waals surface area contributed by atoms with Crippen molar-refractivity contribution in [3.8, 4) is 0 Å². The SMILES string of the molecule is Cc1cc(C)c([C@H](C)NCc2ccc([S@@](C)=O)cc2)c(C)c1. The number of aryl methyl sites for hydroxylation is 3. The van der Waals surface area contributed by atoms with Gasteiger partial charge in [-0.3, -0.25) is 4.21 Å². The van der Waals surface area contributed by atoms with E-state index in [0.29, 0.717) is 6.04 Å². The quantitative estimate of drug-likeness (QED) is 0.896. The van der Waals surface area contributed by atoms with Gasteiger partial charge in [-0.25, -0.2) is 0 Å². The van der Waals surface area contributed by atoms with Gasteiger partial charge in [-0.05, 0) is 62.1 Å². The molecule has 0 unspecified atom stereocenters. The molecule has 2 aromatic rings. The summed E-state index contributed by atoms with van der Waals surface area (Å²) in [6.07, 6.45) is 1.71. The Labute approximate surface area is 136 Å². The van der Waals surface area contributed by atoms with Gasteiger partial charge in [0.25, 0.3) is 0 Å². The van der Waals surface area contributed by atoms with E-state index in [0.717, 1.165) is 11.4 Å². The van der Waals surface area contributed by atoms with E-state index >= 15 is 0 Å². The van der Waals surface area contributed by atoms with Crippen molar-refractivity contribution in [2.45, 2.75) is 45.2 Å². The summed E-state index contributed by atoms with van der Waals surface area (Å²) >= 11 is 0. The maximum Gasteiger partial charge on any atom is 0.0498 e. The third kappa shape index (κ3) is 4.05. The largest absolute Gasteiger partial charge is 0.306 e. The summed E-state index contributed by atoms with van der Waals surface area (Å²) in [4.78, 5) is 0.877. The Morgan fingerprint density at radius 3 is 2.09 bits per heavy atom. The normalized spacial score (nSPS) is 13.9. The highest BCUT2D eigenvalue weighted by Gasteiger charge is 2.11. The molecule has 2 rings (SSSR count). The molecule has 1 N–H and O–H groups in total. The maximum absolute atomic E-state index is 11.4.